The van der Waals surface area contributed by atoms with Crippen LogP contribution in [0.2, 0.25) is 0 Å². The van der Waals surface area contributed by atoms with Gasteiger partial charge in [-0.25, -0.2) is 0 Å². The van der Waals surface area contributed by atoms with Gasteiger partial charge in [-0.2, -0.15) is 22.0 Å². The Morgan fingerprint density at radius 3 is 2.26 bits per heavy atom. The molecule has 0 fully saturated rings. The van der Waals surface area contributed by atoms with Crippen LogP contribution in [0.3, 0.4) is 0 Å². The normalized spacial score (nSPS) is 12.9. The van der Waals surface area contributed by atoms with Crippen molar-refractivity contribution in [3.05, 3.63) is 77.9 Å². The average Bonchev–Trinajstić information content (AvgIpc) is 2.71. The fraction of sp³-hybridized carbons (Fsp3) is 0.333. The standard InChI is InChI=1S/C24H24F5NO/c1-22(2,21-12-6-9-18-8-3-4-11-20(18)21)15-30-14-17-7-5-10-19(13-17)31-16-23(25,26)24(27,28)29/h3-13,30H,14-16H2,1-2H3. The molecule has 2 nitrogen and oxygen atoms in total. The molecule has 0 aromatic heterocycles. The maximum absolute atomic E-state index is 13.1. The van der Waals surface area contributed by atoms with E-state index in [1.165, 1.54) is 23.1 Å². The molecule has 0 amide bonds. The minimum absolute atomic E-state index is 0.0310. The summed E-state index contributed by atoms with van der Waals surface area (Å²) in [6.07, 6.45) is -5.64. The lowest BCUT2D eigenvalue weighted by atomic mass is 9.81. The van der Waals surface area contributed by atoms with Crippen LogP contribution in [0.15, 0.2) is 66.7 Å². The summed E-state index contributed by atoms with van der Waals surface area (Å²) in [7, 11) is 0. The molecule has 0 saturated carbocycles. The monoisotopic (exact) mass is 437 g/mol. The lowest BCUT2D eigenvalue weighted by Gasteiger charge is -2.27. The average molecular weight is 437 g/mol. The van der Waals surface area contributed by atoms with Gasteiger partial charge in [0.2, 0.25) is 0 Å². The van der Waals surface area contributed by atoms with Crippen molar-refractivity contribution >= 4 is 10.8 Å². The van der Waals surface area contributed by atoms with Crippen LogP contribution in [0.1, 0.15) is 25.0 Å². The first kappa shape index (κ1) is 23.0. The molecule has 0 saturated heterocycles. The maximum Gasteiger partial charge on any atom is 0.456 e. The highest BCUT2D eigenvalue weighted by Gasteiger charge is 2.58. The molecule has 0 aliphatic rings. The fourth-order valence-corrected chi connectivity index (χ4v) is 3.43. The van der Waals surface area contributed by atoms with Gasteiger partial charge in [-0.1, -0.05) is 68.4 Å². The van der Waals surface area contributed by atoms with E-state index in [-0.39, 0.29) is 11.2 Å². The minimum atomic E-state index is -5.64. The Labute approximate surface area is 178 Å². The van der Waals surface area contributed by atoms with E-state index in [2.05, 4.69) is 43.4 Å². The van der Waals surface area contributed by atoms with E-state index >= 15 is 0 Å². The van der Waals surface area contributed by atoms with Gasteiger partial charge in [0.15, 0.2) is 6.61 Å². The van der Waals surface area contributed by atoms with Gasteiger partial charge in [-0.05, 0) is 34.0 Å². The van der Waals surface area contributed by atoms with Crippen LogP contribution >= 0.6 is 0 Å². The highest BCUT2D eigenvalue weighted by atomic mass is 19.4. The Hall–Kier alpha value is -2.67. The van der Waals surface area contributed by atoms with Gasteiger partial charge in [0.1, 0.15) is 5.75 Å². The predicted molar refractivity (Wildman–Crippen MR) is 112 cm³/mol. The number of ether oxygens (including phenoxy) is 1. The van der Waals surface area contributed by atoms with Gasteiger partial charge < -0.3 is 10.1 Å². The van der Waals surface area contributed by atoms with E-state index in [9.17, 15) is 22.0 Å². The van der Waals surface area contributed by atoms with E-state index in [0.717, 1.165) is 10.9 Å². The third kappa shape index (κ3) is 5.53. The van der Waals surface area contributed by atoms with Gasteiger partial charge in [0, 0.05) is 18.5 Å². The second-order valence-corrected chi connectivity index (χ2v) is 8.15. The smallest absolute Gasteiger partial charge is 0.456 e. The number of alkyl halides is 5. The van der Waals surface area contributed by atoms with Crippen LogP contribution in [-0.2, 0) is 12.0 Å². The first-order chi connectivity index (χ1) is 14.5. The Kier molecular flexibility index (Phi) is 6.55. The van der Waals surface area contributed by atoms with Crippen molar-refractivity contribution in [1.82, 2.24) is 5.32 Å². The summed E-state index contributed by atoms with van der Waals surface area (Å²) in [5.74, 6) is -4.93. The quantitative estimate of drug-likeness (QED) is 0.407. The Balaban J connectivity index is 1.62. The molecular weight excluding hydrogens is 413 g/mol. The van der Waals surface area contributed by atoms with E-state index in [1.807, 2.05) is 18.2 Å². The van der Waals surface area contributed by atoms with E-state index in [1.54, 1.807) is 12.1 Å². The van der Waals surface area contributed by atoms with Crippen molar-refractivity contribution in [2.45, 2.75) is 37.9 Å². The summed E-state index contributed by atoms with van der Waals surface area (Å²) in [5.41, 5.74) is 1.73. The summed E-state index contributed by atoms with van der Waals surface area (Å²) in [6.45, 7) is 3.56. The number of halogens is 5. The molecule has 0 spiro atoms. The molecule has 0 bridgehead atoms. The molecular formula is C24H24F5NO. The highest BCUT2D eigenvalue weighted by molar-refractivity contribution is 5.86. The molecule has 31 heavy (non-hydrogen) atoms. The van der Waals surface area contributed by atoms with E-state index in [0.29, 0.717) is 13.1 Å². The van der Waals surface area contributed by atoms with Gasteiger partial charge in [0.05, 0.1) is 0 Å². The minimum Gasteiger partial charge on any atom is -0.487 e. The first-order valence-electron chi connectivity index (χ1n) is 9.85. The summed E-state index contributed by atoms with van der Waals surface area (Å²) in [6, 6.07) is 20.5. The molecule has 3 aromatic rings. The maximum atomic E-state index is 13.1. The Bertz CT molecular complexity index is 1020. The Morgan fingerprint density at radius 1 is 0.839 bits per heavy atom. The zero-order chi connectivity index (χ0) is 22.7. The second-order valence-electron chi connectivity index (χ2n) is 8.15. The highest BCUT2D eigenvalue weighted by Crippen LogP contribution is 2.36. The molecule has 0 heterocycles. The van der Waals surface area contributed by atoms with Crippen molar-refractivity contribution in [3.8, 4) is 5.75 Å². The molecule has 0 aliphatic heterocycles. The summed E-state index contributed by atoms with van der Waals surface area (Å²) in [4.78, 5) is 0. The molecule has 3 rings (SSSR count). The number of rotatable bonds is 8. The molecule has 3 aromatic carbocycles. The molecule has 1 N–H and O–H groups in total. The predicted octanol–water partition coefficient (Wildman–Crippen LogP) is 6.48. The zero-order valence-corrected chi connectivity index (χ0v) is 17.3. The SMILES string of the molecule is CC(C)(CNCc1cccc(OCC(F)(F)C(F)(F)F)c1)c1cccc2ccccc12. The van der Waals surface area contributed by atoms with Gasteiger partial charge in [0.25, 0.3) is 0 Å². The molecule has 7 heteroatoms. The lowest BCUT2D eigenvalue weighted by molar-refractivity contribution is -0.290. The zero-order valence-electron chi connectivity index (χ0n) is 17.3. The summed E-state index contributed by atoms with van der Waals surface area (Å²) < 4.78 is 67.7. The Morgan fingerprint density at radius 2 is 1.52 bits per heavy atom. The van der Waals surface area contributed by atoms with Crippen LogP contribution in [0.5, 0.6) is 5.75 Å². The van der Waals surface area contributed by atoms with Gasteiger partial charge in [-0.3, -0.25) is 0 Å². The number of fused-ring (bicyclic) bond motifs is 1. The number of hydrogen-bond acceptors (Lipinski definition) is 2. The van der Waals surface area contributed by atoms with Crippen LogP contribution in [0.25, 0.3) is 10.8 Å². The van der Waals surface area contributed by atoms with Crippen molar-refractivity contribution < 1.29 is 26.7 Å². The van der Waals surface area contributed by atoms with Crippen LogP contribution in [0.4, 0.5) is 22.0 Å². The first-order valence-corrected chi connectivity index (χ1v) is 9.85. The van der Waals surface area contributed by atoms with Crippen molar-refractivity contribution in [3.63, 3.8) is 0 Å². The largest absolute Gasteiger partial charge is 0.487 e. The molecule has 166 valence electrons. The van der Waals surface area contributed by atoms with Crippen molar-refractivity contribution in [2.24, 2.45) is 0 Å². The topological polar surface area (TPSA) is 21.3 Å². The lowest BCUT2D eigenvalue weighted by Crippen LogP contribution is -2.41. The molecule has 0 unspecified atom stereocenters. The van der Waals surface area contributed by atoms with E-state index in [4.69, 9.17) is 4.74 Å². The molecule has 0 aliphatic carbocycles. The third-order valence-corrected chi connectivity index (χ3v) is 5.15. The summed E-state index contributed by atoms with van der Waals surface area (Å²) >= 11 is 0. The summed E-state index contributed by atoms with van der Waals surface area (Å²) in [5, 5.41) is 5.68. The fourth-order valence-electron chi connectivity index (χ4n) is 3.43. The third-order valence-electron chi connectivity index (χ3n) is 5.15. The molecule has 0 atom stereocenters. The van der Waals surface area contributed by atoms with Crippen LogP contribution < -0.4 is 10.1 Å². The second kappa shape index (κ2) is 8.83. The number of benzene rings is 3. The van der Waals surface area contributed by atoms with Crippen molar-refractivity contribution in [2.75, 3.05) is 13.2 Å². The van der Waals surface area contributed by atoms with Gasteiger partial charge >= 0.3 is 12.1 Å². The van der Waals surface area contributed by atoms with Crippen molar-refractivity contribution in [1.29, 1.82) is 0 Å². The van der Waals surface area contributed by atoms with E-state index < -0.39 is 18.7 Å². The number of nitrogens with one attached hydrogen (secondary N) is 1. The van der Waals surface area contributed by atoms with Gasteiger partial charge in [-0.15, -0.1) is 0 Å². The van der Waals surface area contributed by atoms with Crippen LogP contribution in [-0.4, -0.2) is 25.3 Å². The van der Waals surface area contributed by atoms with Crippen LogP contribution in [0, 0.1) is 0 Å². The number of hydrogen-bond donors (Lipinski definition) is 1. The molecule has 0 radical (unpaired) electrons.